The summed E-state index contributed by atoms with van der Waals surface area (Å²) in [4.78, 5) is 14.4. The van der Waals surface area contributed by atoms with E-state index in [-0.39, 0.29) is 10.8 Å². The predicted octanol–water partition coefficient (Wildman–Crippen LogP) is 3.15. The molecule has 2 nitrogen and oxygen atoms in total. The molecule has 18 heavy (non-hydrogen) atoms. The summed E-state index contributed by atoms with van der Waals surface area (Å²) in [6.07, 6.45) is 2.73. The highest BCUT2D eigenvalue weighted by atomic mass is 16.1. The van der Waals surface area contributed by atoms with E-state index in [4.69, 9.17) is 0 Å². The van der Waals surface area contributed by atoms with E-state index in [1.54, 1.807) is 0 Å². The largest absolute Gasteiger partial charge is 0.373 e. The number of rotatable bonds is 0. The average Bonchev–Trinajstić information content (AvgIpc) is 2.59. The molecule has 0 saturated heterocycles. The molecule has 96 valence electrons. The van der Waals surface area contributed by atoms with Gasteiger partial charge in [-0.15, -0.1) is 0 Å². The third-order valence-corrected chi connectivity index (χ3v) is 4.79. The molecule has 0 amide bonds. The van der Waals surface area contributed by atoms with E-state index in [0.717, 1.165) is 25.8 Å². The Morgan fingerprint density at radius 1 is 1.22 bits per heavy atom. The lowest BCUT2D eigenvalue weighted by atomic mass is 9.61. The number of anilines is 1. The highest BCUT2D eigenvalue weighted by Crippen LogP contribution is 2.52. The predicted molar refractivity (Wildman–Crippen MR) is 74.0 cm³/mol. The number of hydrogen-bond acceptors (Lipinski definition) is 2. The second-order valence-electron chi connectivity index (χ2n) is 6.64. The van der Waals surface area contributed by atoms with E-state index < -0.39 is 0 Å². The average molecular weight is 243 g/mol. The van der Waals surface area contributed by atoms with Crippen LogP contribution in [0.1, 0.15) is 38.7 Å². The maximum atomic E-state index is 12.0. The van der Waals surface area contributed by atoms with Crippen LogP contribution in [0.15, 0.2) is 24.3 Å². The smallest absolute Gasteiger partial charge is 0.138 e. The maximum Gasteiger partial charge on any atom is 0.138 e. The molecule has 1 fully saturated rings. The molecule has 3 rings (SSSR count). The van der Waals surface area contributed by atoms with Gasteiger partial charge in [-0.1, -0.05) is 32.0 Å². The Labute approximate surface area is 109 Å². The molecule has 0 aromatic heterocycles. The third-order valence-electron chi connectivity index (χ3n) is 4.79. The van der Waals surface area contributed by atoms with Crippen LogP contribution in [-0.4, -0.2) is 19.4 Å². The van der Waals surface area contributed by atoms with Crippen LogP contribution in [-0.2, 0) is 10.2 Å². The van der Waals surface area contributed by atoms with Gasteiger partial charge in [-0.25, -0.2) is 0 Å². The molecule has 1 aliphatic heterocycles. The molecule has 0 radical (unpaired) electrons. The fourth-order valence-corrected chi connectivity index (χ4v) is 3.97. The second kappa shape index (κ2) is 3.59. The third kappa shape index (κ3) is 1.51. The Kier molecular flexibility index (Phi) is 2.35. The van der Waals surface area contributed by atoms with Crippen molar-refractivity contribution in [3.05, 3.63) is 29.8 Å². The molecule has 1 aromatic rings. The van der Waals surface area contributed by atoms with Crippen LogP contribution >= 0.6 is 0 Å². The highest BCUT2D eigenvalue weighted by Gasteiger charge is 2.49. The van der Waals surface area contributed by atoms with Crippen molar-refractivity contribution in [1.29, 1.82) is 0 Å². The van der Waals surface area contributed by atoms with Crippen molar-refractivity contribution < 1.29 is 4.79 Å². The van der Waals surface area contributed by atoms with Gasteiger partial charge in [0.05, 0.1) is 0 Å². The number of carbonyl (C=O) groups is 1. The van der Waals surface area contributed by atoms with Crippen LogP contribution in [0.3, 0.4) is 0 Å². The summed E-state index contributed by atoms with van der Waals surface area (Å²) in [6.45, 7) is 5.28. The summed E-state index contributed by atoms with van der Waals surface area (Å²) in [5.74, 6) is 0.431. The van der Waals surface area contributed by atoms with Crippen LogP contribution in [0.2, 0.25) is 0 Å². The molecule has 0 bridgehead atoms. The molecule has 1 aliphatic carbocycles. The first-order valence-corrected chi connectivity index (χ1v) is 6.79. The molecule has 1 spiro atoms. The molecular weight excluding hydrogens is 222 g/mol. The van der Waals surface area contributed by atoms with Gasteiger partial charge in [-0.05, 0) is 24.5 Å². The zero-order valence-corrected chi connectivity index (χ0v) is 11.5. The van der Waals surface area contributed by atoms with Crippen LogP contribution in [0.4, 0.5) is 5.69 Å². The van der Waals surface area contributed by atoms with Gasteiger partial charge in [-0.2, -0.15) is 0 Å². The summed E-state index contributed by atoms with van der Waals surface area (Å²) in [7, 11) is 2.16. The molecule has 2 heteroatoms. The lowest BCUT2D eigenvalue weighted by Crippen LogP contribution is -2.44. The minimum Gasteiger partial charge on any atom is -0.373 e. The number of nitrogens with zero attached hydrogens (tertiary/aromatic N) is 1. The first kappa shape index (κ1) is 11.8. The maximum absolute atomic E-state index is 12.0. The van der Waals surface area contributed by atoms with E-state index in [0.29, 0.717) is 5.78 Å². The lowest BCUT2D eigenvalue weighted by molar-refractivity contribution is -0.131. The van der Waals surface area contributed by atoms with Gasteiger partial charge in [0.25, 0.3) is 0 Å². The van der Waals surface area contributed by atoms with Crippen molar-refractivity contribution in [2.75, 3.05) is 18.5 Å². The number of para-hydroxylation sites is 1. The van der Waals surface area contributed by atoms with Crippen LogP contribution in [0.5, 0.6) is 0 Å². The number of Topliss-reactive ketones (excluding diaryl/α,β-unsaturated/α-hetero) is 1. The van der Waals surface area contributed by atoms with Crippen molar-refractivity contribution in [2.24, 2.45) is 5.41 Å². The second-order valence-corrected chi connectivity index (χ2v) is 6.64. The van der Waals surface area contributed by atoms with Gasteiger partial charge < -0.3 is 4.90 Å². The molecule has 1 aromatic carbocycles. The van der Waals surface area contributed by atoms with E-state index in [9.17, 15) is 4.79 Å². The Balaban J connectivity index is 2.06. The molecule has 1 saturated carbocycles. The Hall–Kier alpha value is -1.31. The number of fused-ring (bicyclic) bond motifs is 2. The molecule has 2 aliphatic rings. The molecule has 0 N–H and O–H groups in total. The summed E-state index contributed by atoms with van der Waals surface area (Å²) in [6, 6.07) is 8.69. The zero-order valence-electron chi connectivity index (χ0n) is 11.5. The van der Waals surface area contributed by atoms with Gasteiger partial charge in [0.1, 0.15) is 5.78 Å². The molecule has 1 atom stereocenters. The minimum atomic E-state index is -0.170. The summed E-state index contributed by atoms with van der Waals surface area (Å²) >= 11 is 0. The van der Waals surface area contributed by atoms with Crippen LogP contribution in [0, 0.1) is 5.41 Å². The first-order chi connectivity index (χ1) is 8.45. The quantitative estimate of drug-likeness (QED) is 0.697. The van der Waals surface area contributed by atoms with Gasteiger partial charge >= 0.3 is 0 Å². The fourth-order valence-electron chi connectivity index (χ4n) is 3.97. The van der Waals surface area contributed by atoms with Crippen LogP contribution in [0.25, 0.3) is 0 Å². The molecule has 1 unspecified atom stereocenters. The Morgan fingerprint density at radius 3 is 2.67 bits per heavy atom. The van der Waals surface area contributed by atoms with Gasteiger partial charge in [-0.3, -0.25) is 4.79 Å². The molecule has 1 heterocycles. The standard InChI is InChI=1S/C16H21NO/c1-15(2)10-16(9-8-14(15)18)11-17(3)13-7-5-4-6-12(13)16/h4-7H,8-11H2,1-3H3. The van der Waals surface area contributed by atoms with Crippen molar-refractivity contribution >= 4 is 11.5 Å². The van der Waals surface area contributed by atoms with Crippen molar-refractivity contribution in [2.45, 2.75) is 38.5 Å². The highest BCUT2D eigenvalue weighted by molar-refractivity contribution is 5.86. The minimum absolute atomic E-state index is 0.170. The Bertz CT molecular complexity index is 506. The van der Waals surface area contributed by atoms with Crippen molar-refractivity contribution in [3.8, 4) is 0 Å². The van der Waals surface area contributed by atoms with E-state index in [2.05, 4.69) is 50.1 Å². The van der Waals surface area contributed by atoms with E-state index >= 15 is 0 Å². The van der Waals surface area contributed by atoms with E-state index in [1.165, 1.54) is 11.3 Å². The van der Waals surface area contributed by atoms with Gasteiger partial charge in [0, 0.05) is 36.5 Å². The number of likely N-dealkylation sites (N-methyl/N-ethyl adjacent to an activating group) is 1. The number of carbonyl (C=O) groups excluding carboxylic acids is 1. The summed E-state index contributed by atoms with van der Waals surface area (Å²) < 4.78 is 0. The first-order valence-electron chi connectivity index (χ1n) is 6.79. The normalized spacial score (nSPS) is 29.7. The van der Waals surface area contributed by atoms with Crippen molar-refractivity contribution in [1.82, 2.24) is 0 Å². The van der Waals surface area contributed by atoms with Gasteiger partial charge in [0.2, 0.25) is 0 Å². The Morgan fingerprint density at radius 2 is 1.94 bits per heavy atom. The number of hydrogen-bond donors (Lipinski definition) is 0. The van der Waals surface area contributed by atoms with E-state index in [1.807, 2.05) is 0 Å². The lowest BCUT2D eigenvalue weighted by Gasteiger charge is -2.42. The number of ketones is 1. The van der Waals surface area contributed by atoms with Crippen molar-refractivity contribution in [3.63, 3.8) is 0 Å². The molecular formula is C16H21NO. The van der Waals surface area contributed by atoms with Crippen LogP contribution < -0.4 is 4.90 Å². The topological polar surface area (TPSA) is 20.3 Å². The monoisotopic (exact) mass is 243 g/mol. The van der Waals surface area contributed by atoms with Gasteiger partial charge in [0.15, 0.2) is 0 Å². The summed E-state index contributed by atoms with van der Waals surface area (Å²) in [5.41, 5.74) is 2.83. The zero-order chi connectivity index (χ0) is 13.0. The summed E-state index contributed by atoms with van der Waals surface area (Å²) in [5, 5.41) is 0. The SMILES string of the molecule is CN1CC2(CCC(=O)C(C)(C)C2)c2ccccc21. The fraction of sp³-hybridized carbons (Fsp3) is 0.562. The number of benzene rings is 1.